The number of aromatic nitrogens is 1. The van der Waals surface area contributed by atoms with Gasteiger partial charge in [0, 0.05) is 37.9 Å². The molecule has 2 atom stereocenters. The van der Waals surface area contributed by atoms with Crippen LogP contribution in [0.5, 0.6) is 0 Å². The molecule has 2 unspecified atom stereocenters. The molecule has 0 radical (unpaired) electrons. The van der Waals surface area contributed by atoms with E-state index in [1.54, 1.807) is 6.20 Å². The third-order valence-corrected chi connectivity index (χ3v) is 4.03. The summed E-state index contributed by atoms with van der Waals surface area (Å²) in [5, 5.41) is 0. The first kappa shape index (κ1) is 14.0. The SMILES string of the molecule is CC1CCCN(C(=O)CCc2cccnc2)C1CN. The summed E-state index contributed by atoms with van der Waals surface area (Å²) in [4.78, 5) is 18.4. The number of rotatable bonds is 4. The monoisotopic (exact) mass is 261 g/mol. The summed E-state index contributed by atoms with van der Waals surface area (Å²) >= 11 is 0. The van der Waals surface area contributed by atoms with E-state index in [1.165, 1.54) is 6.42 Å². The number of aryl methyl sites for hydroxylation is 1. The number of pyridine rings is 1. The smallest absolute Gasteiger partial charge is 0.223 e. The van der Waals surface area contributed by atoms with Gasteiger partial charge >= 0.3 is 0 Å². The zero-order valence-electron chi connectivity index (χ0n) is 11.6. The number of hydrogen-bond donors (Lipinski definition) is 1. The van der Waals surface area contributed by atoms with Gasteiger partial charge in [-0.2, -0.15) is 0 Å². The molecule has 0 spiro atoms. The van der Waals surface area contributed by atoms with Gasteiger partial charge in [0.1, 0.15) is 0 Å². The molecule has 104 valence electrons. The second-order valence-corrected chi connectivity index (χ2v) is 5.37. The van der Waals surface area contributed by atoms with Crippen LogP contribution in [0.4, 0.5) is 0 Å². The van der Waals surface area contributed by atoms with E-state index in [0.29, 0.717) is 18.9 Å². The number of amides is 1. The minimum Gasteiger partial charge on any atom is -0.338 e. The molecule has 1 saturated heterocycles. The molecule has 2 heterocycles. The molecule has 4 heteroatoms. The first-order valence-electron chi connectivity index (χ1n) is 7.11. The average Bonchev–Trinajstić information content (AvgIpc) is 2.45. The van der Waals surface area contributed by atoms with Gasteiger partial charge in [-0.05, 0) is 36.8 Å². The molecule has 2 N–H and O–H groups in total. The molecule has 0 bridgehead atoms. The second-order valence-electron chi connectivity index (χ2n) is 5.37. The third kappa shape index (κ3) is 3.53. The predicted octanol–water partition coefficient (Wildman–Crippen LogP) is 1.60. The zero-order valence-corrected chi connectivity index (χ0v) is 11.6. The molecule has 0 aliphatic carbocycles. The van der Waals surface area contributed by atoms with Crippen molar-refractivity contribution >= 4 is 5.91 Å². The summed E-state index contributed by atoms with van der Waals surface area (Å²) < 4.78 is 0. The van der Waals surface area contributed by atoms with Crippen LogP contribution in [0.15, 0.2) is 24.5 Å². The molecule has 0 saturated carbocycles. The van der Waals surface area contributed by atoms with Gasteiger partial charge in [-0.15, -0.1) is 0 Å². The summed E-state index contributed by atoms with van der Waals surface area (Å²) in [5.41, 5.74) is 6.94. The van der Waals surface area contributed by atoms with Crippen LogP contribution in [0, 0.1) is 5.92 Å². The van der Waals surface area contributed by atoms with Crippen molar-refractivity contribution in [2.45, 2.75) is 38.6 Å². The molecule has 1 fully saturated rings. The maximum atomic E-state index is 12.3. The van der Waals surface area contributed by atoms with Gasteiger partial charge in [-0.3, -0.25) is 9.78 Å². The van der Waals surface area contributed by atoms with Crippen LogP contribution in [0.2, 0.25) is 0 Å². The van der Waals surface area contributed by atoms with Crippen molar-refractivity contribution in [1.29, 1.82) is 0 Å². The van der Waals surface area contributed by atoms with Gasteiger partial charge < -0.3 is 10.6 Å². The fourth-order valence-corrected chi connectivity index (χ4v) is 2.86. The van der Waals surface area contributed by atoms with E-state index in [9.17, 15) is 4.79 Å². The normalized spacial score (nSPS) is 23.4. The van der Waals surface area contributed by atoms with Crippen LogP contribution < -0.4 is 5.73 Å². The van der Waals surface area contributed by atoms with Gasteiger partial charge in [0.2, 0.25) is 5.91 Å². The molecule has 1 aromatic heterocycles. The Balaban J connectivity index is 1.91. The van der Waals surface area contributed by atoms with E-state index in [2.05, 4.69) is 11.9 Å². The molecule has 2 rings (SSSR count). The van der Waals surface area contributed by atoms with E-state index in [4.69, 9.17) is 5.73 Å². The molecule has 19 heavy (non-hydrogen) atoms. The number of nitrogens with two attached hydrogens (primary N) is 1. The van der Waals surface area contributed by atoms with Gasteiger partial charge in [0.05, 0.1) is 0 Å². The molecule has 1 aliphatic heterocycles. The van der Waals surface area contributed by atoms with Crippen LogP contribution in [0.3, 0.4) is 0 Å². The van der Waals surface area contributed by atoms with E-state index in [-0.39, 0.29) is 11.9 Å². The summed E-state index contributed by atoms with van der Waals surface area (Å²) in [6, 6.07) is 4.14. The molecule has 1 aromatic rings. The molecular weight excluding hydrogens is 238 g/mol. The zero-order chi connectivity index (χ0) is 13.7. The maximum absolute atomic E-state index is 12.3. The highest BCUT2D eigenvalue weighted by atomic mass is 16.2. The standard InChI is InChI=1S/C15H23N3O/c1-12-4-3-9-18(14(12)10-16)15(19)7-6-13-5-2-8-17-11-13/h2,5,8,11-12,14H,3-4,6-7,9-10,16H2,1H3. The van der Waals surface area contributed by atoms with Crippen LogP contribution in [0.1, 0.15) is 31.7 Å². The first-order chi connectivity index (χ1) is 9.22. The maximum Gasteiger partial charge on any atom is 0.223 e. The Bertz CT molecular complexity index is 407. The van der Waals surface area contributed by atoms with Crippen molar-refractivity contribution in [3.8, 4) is 0 Å². The minimum absolute atomic E-state index is 0.218. The van der Waals surface area contributed by atoms with Crippen LogP contribution in [-0.2, 0) is 11.2 Å². The fourth-order valence-electron chi connectivity index (χ4n) is 2.86. The number of nitrogens with zero attached hydrogens (tertiary/aromatic N) is 2. The van der Waals surface area contributed by atoms with E-state index in [1.807, 2.05) is 23.2 Å². The second kappa shape index (κ2) is 6.66. The first-order valence-corrected chi connectivity index (χ1v) is 7.11. The highest BCUT2D eigenvalue weighted by Crippen LogP contribution is 2.23. The summed E-state index contributed by atoms with van der Waals surface area (Å²) in [6.45, 7) is 3.62. The van der Waals surface area contributed by atoms with Crippen LogP contribution in [-0.4, -0.2) is 34.9 Å². The van der Waals surface area contributed by atoms with Gasteiger partial charge in [0.15, 0.2) is 0 Å². The third-order valence-electron chi connectivity index (χ3n) is 4.03. The van der Waals surface area contributed by atoms with Crippen molar-refractivity contribution < 1.29 is 4.79 Å². The quantitative estimate of drug-likeness (QED) is 0.895. The molecule has 1 aliphatic rings. The highest BCUT2D eigenvalue weighted by molar-refractivity contribution is 5.77. The Kier molecular flexibility index (Phi) is 4.91. The topological polar surface area (TPSA) is 59.2 Å². The molecule has 0 aromatic carbocycles. The lowest BCUT2D eigenvalue weighted by molar-refractivity contribution is -0.136. The van der Waals surface area contributed by atoms with Crippen molar-refractivity contribution in [3.05, 3.63) is 30.1 Å². The van der Waals surface area contributed by atoms with Crippen molar-refractivity contribution in [2.75, 3.05) is 13.1 Å². The van der Waals surface area contributed by atoms with Gasteiger partial charge in [-0.25, -0.2) is 0 Å². The minimum atomic E-state index is 0.218. The van der Waals surface area contributed by atoms with Crippen molar-refractivity contribution in [3.63, 3.8) is 0 Å². The number of carbonyl (C=O) groups is 1. The largest absolute Gasteiger partial charge is 0.338 e. The average molecular weight is 261 g/mol. The van der Waals surface area contributed by atoms with Crippen molar-refractivity contribution in [2.24, 2.45) is 11.7 Å². The fraction of sp³-hybridized carbons (Fsp3) is 0.600. The van der Waals surface area contributed by atoms with E-state index < -0.39 is 0 Å². The number of carbonyl (C=O) groups excluding carboxylic acids is 1. The Hall–Kier alpha value is -1.42. The van der Waals surface area contributed by atoms with E-state index in [0.717, 1.165) is 24.9 Å². The highest BCUT2D eigenvalue weighted by Gasteiger charge is 2.30. The Labute approximate surface area is 115 Å². The molecular formula is C15H23N3O. The van der Waals surface area contributed by atoms with Gasteiger partial charge in [0.25, 0.3) is 0 Å². The van der Waals surface area contributed by atoms with Crippen LogP contribution >= 0.6 is 0 Å². The van der Waals surface area contributed by atoms with Gasteiger partial charge in [-0.1, -0.05) is 13.0 Å². The molecule has 4 nitrogen and oxygen atoms in total. The number of piperidine rings is 1. The van der Waals surface area contributed by atoms with Crippen molar-refractivity contribution in [1.82, 2.24) is 9.88 Å². The summed E-state index contributed by atoms with van der Waals surface area (Å²) in [7, 11) is 0. The lowest BCUT2D eigenvalue weighted by Crippen LogP contribution is -2.51. The lowest BCUT2D eigenvalue weighted by atomic mass is 9.90. The number of hydrogen-bond acceptors (Lipinski definition) is 3. The van der Waals surface area contributed by atoms with E-state index >= 15 is 0 Å². The summed E-state index contributed by atoms with van der Waals surface area (Å²) in [6.07, 6.45) is 7.16. The Morgan fingerprint density at radius 3 is 3.11 bits per heavy atom. The number of likely N-dealkylation sites (tertiary alicyclic amines) is 1. The lowest BCUT2D eigenvalue weighted by Gasteiger charge is -2.39. The predicted molar refractivity (Wildman–Crippen MR) is 75.5 cm³/mol. The Morgan fingerprint density at radius 1 is 1.58 bits per heavy atom. The van der Waals surface area contributed by atoms with Crippen LogP contribution in [0.25, 0.3) is 0 Å². The summed E-state index contributed by atoms with van der Waals surface area (Å²) in [5.74, 6) is 0.743. The molecule has 1 amide bonds. The Morgan fingerprint density at radius 2 is 2.42 bits per heavy atom.